The fourth-order valence-electron chi connectivity index (χ4n) is 3.69. The molecule has 0 aliphatic carbocycles. The second-order valence-electron chi connectivity index (χ2n) is 10.9. The minimum absolute atomic E-state index is 0.0135. The van der Waals surface area contributed by atoms with Crippen LogP contribution in [0.3, 0.4) is 0 Å². The number of aldehydes is 1. The number of carbonyl (C=O) groups excluding carboxylic acids is 1. The van der Waals surface area contributed by atoms with Gasteiger partial charge in [0.25, 0.3) is 0 Å². The van der Waals surface area contributed by atoms with Crippen LogP contribution in [0.5, 0.6) is 11.5 Å². The molecule has 1 atom stereocenters. The summed E-state index contributed by atoms with van der Waals surface area (Å²) in [5.41, 5.74) is 5.52. The molecule has 35 heavy (non-hydrogen) atoms. The molecule has 0 heterocycles. The molecular weight excluding hydrogens is 434 g/mol. The Bertz CT molecular complexity index is 1140. The predicted octanol–water partition coefficient (Wildman–Crippen LogP) is 6.97. The minimum atomic E-state index is -0.430. The molecule has 184 valence electrons. The Balaban J connectivity index is 0.000000283. The van der Waals surface area contributed by atoms with Crippen molar-refractivity contribution in [2.45, 2.75) is 71.1 Å². The van der Waals surface area contributed by atoms with Crippen molar-refractivity contribution in [3.05, 3.63) is 94.5 Å². The Morgan fingerprint density at radius 3 is 1.69 bits per heavy atom. The van der Waals surface area contributed by atoms with Crippen molar-refractivity contribution >= 4 is 6.29 Å². The normalized spacial score (nSPS) is 12.1. The number of phenols is 2. The SMILES string of the molecule is CC(C)(C)c1ccc(CC#N)cc1.CC(C)(C)c1ccc(CC(C=O)c2ccc(O)cc2O)cc1. The standard InChI is InChI=1S/C19H22O3.C12H15N/c1-19(2,3)15-6-4-13(5-7-15)10-14(12-20)17-9-8-16(21)11-18(17)22;1-12(2,3)11-6-4-10(5-7-11)8-9-13/h4-9,11-12,14,21-22H,10H2,1-3H3;4-7H,8H2,1-3H3. The van der Waals surface area contributed by atoms with Crippen molar-refractivity contribution in [1.82, 2.24) is 0 Å². The van der Waals surface area contributed by atoms with Crippen molar-refractivity contribution in [3.8, 4) is 17.6 Å². The fourth-order valence-corrected chi connectivity index (χ4v) is 3.69. The smallest absolute Gasteiger partial charge is 0.127 e. The predicted molar refractivity (Wildman–Crippen MR) is 142 cm³/mol. The first kappa shape index (κ1) is 27.7. The number of rotatable bonds is 5. The van der Waals surface area contributed by atoms with Gasteiger partial charge in [0.1, 0.15) is 17.8 Å². The van der Waals surface area contributed by atoms with Crippen molar-refractivity contribution in [2.24, 2.45) is 0 Å². The topological polar surface area (TPSA) is 81.3 Å². The lowest BCUT2D eigenvalue weighted by molar-refractivity contribution is -0.109. The van der Waals surface area contributed by atoms with Crippen LogP contribution in [-0.4, -0.2) is 16.5 Å². The van der Waals surface area contributed by atoms with Crippen LogP contribution in [0.15, 0.2) is 66.7 Å². The molecule has 0 spiro atoms. The number of benzene rings is 3. The van der Waals surface area contributed by atoms with Crippen LogP contribution < -0.4 is 0 Å². The third-order valence-electron chi connectivity index (χ3n) is 5.96. The maximum Gasteiger partial charge on any atom is 0.127 e. The van der Waals surface area contributed by atoms with E-state index in [0.29, 0.717) is 18.4 Å². The molecule has 3 aromatic rings. The van der Waals surface area contributed by atoms with Crippen molar-refractivity contribution < 1.29 is 15.0 Å². The molecule has 0 saturated heterocycles. The molecule has 0 fully saturated rings. The highest BCUT2D eigenvalue weighted by atomic mass is 16.3. The summed E-state index contributed by atoms with van der Waals surface area (Å²) in [6.45, 7) is 13.0. The summed E-state index contributed by atoms with van der Waals surface area (Å²) in [5, 5.41) is 27.7. The van der Waals surface area contributed by atoms with E-state index in [1.807, 2.05) is 24.3 Å². The van der Waals surface area contributed by atoms with Gasteiger partial charge in [-0.3, -0.25) is 0 Å². The molecule has 3 aromatic carbocycles. The lowest BCUT2D eigenvalue weighted by atomic mass is 9.85. The third-order valence-corrected chi connectivity index (χ3v) is 5.96. The van der Waals surface area contributed by atoms with Gasteiger partial charge in [-0.05, 0) is 45.6 Å². The van der Waals surface area contributed by atoms with Crippen LogP contribution in [0.1, 0.15) is 75.3 Å². The van der Waals surface area contributed by atoms with Crippen LogP contribution >= 0.6 is 0 Å². The number of hydrogen-bond acceptors (Lipinski definition) is 4. The molecule has 0 bridgehead atoms. The summed E-state index contributed by atoms with van der Waals surface area (Å²) in [5.74, 6) is -0.495. The molecular formula is C31H37NO3. The molecule has 0 aliphatic heterocycles. The quantitative estimate of drug-likeness (QED) is 0.394. The Labute approximate surface area is 209 Å². The number of nitrogens with zero attached hydrogens (tertiary/aromatic N) is 1. The van der Waals surface area contributed by atoms with Gasteiger partial charge in [0, 0.05) is 17.5 Å². The van der Waals surface area contributed by atoms with Crippen molar-refractivity contribution in [2.75, 3.05) is 0 Å². The summed E-state index contributed by atoms with van der Waals surface area (Å²) in [7, 11) is 0. The fraction of sp³-hybridized carbons (Fsp3) is 0.355. The zero-order chi connectivity index (χ0) is 26.2. The minimum Gasteiger partial charge on any atom is -0.508 e. The van der Waals surface area contributed by atoms with E-state index in [1.165, 1.54) is 23.3 Å². The molecule has 4 heteroatoms. The Morgan fingerprint density at radius 1 is 0.800 bits per heavy atom. The molecule has 3 rings (SSSR count). The van der Waals surface area contributed by atoms with E-state index in [2.05, 4.69) is 71.9 Å². The second-order valence-corrected chi connectivity index (χ2v) is 10.9. The van der Waals surface area contributed by atoms with Gasteiger partial charge < -0.3 is 15.0 Å². The third kappa shape index (κ3) is 8.30. The number of carbonyl (C=O) groups is 1. The van der Waals surface area contributed by atoms with Crippen LogP contribution in [0.2, 0.25) is 0 Å². The zero-order valence-corrected chi connectivity index (χ0v) is 21.7. The second kappa shape index (κ2) is 11.7. The van der Waals surface area contributed by atoms with Crippen molar-refractivity contribution in [1.29, 1.82) is 5.26 Å². The molecule has 0 aliphatic rings. The highest BCUT2D eigenvalue weighted by Crippen LogP contribution is 2.31. The highest BCUT2D eigenvalue weighted by molar-refractivity contribution is 5.65. The Hall–Kier alpha value is -3.58. The number of aromatic hydroxyl groups is 2. The molecule has 0 amide bonds. The van der Waals surface area contributed by atoms with Gasteiger partial charge in [0.15, 0.2) is 0 Å². The summed E-state index contributed by atoms with van der Waals surface area (Å²) in [4.78, 5) is 11.4. The van der Waals surface area contributed by atoms with E-state index in [0.717, 1.165) is 17.4 Å². The summed E-state index contributed by atoms with van der Waals surface area (Å²) in [6, 6.07) is 22.9. The summed E-state index contributed by atoms with van der Waals surface area (Å²) in [6.07, 6.45) is 1.86. The van der Waals surface area contributed by atoms with Gasteiger partial charge in [-0.15, -0.1) is 0 Å². The maximum absolute atomic E-state index is 11.4. The van der Waals surface area contributed by atoms with Gasteiger partial charge >= 0.3 is 0 Å². The average molecular weight is 472 g/mol. The number of nitriles is 1. The van der Waals surface area contributed by atoms with Gasteiger partial charge in [-0.2, -0.15) is 5.26 Å². The maximum atomic E-state index is 11.4. The average Bonchev–Trinajstić information content (AvgIpc) is 2.78. The van der Waals surface area contributed by atoms with Gasteiger partial charge in [0.05, 0.1) is 12.5 Å². The molecule has 0 radical (unpaired) electrons. The highest BCUT2D eigenvalue weighted by Gasteiger charge is 2.17. The Kier molecular flexibility index (Phi) is 9.25. The number of phenolic OH excluding ortho intramolecular Hbond substituents is 2. The summed E-state index contributed by atoms with van der Waals surface area (Å²) < 4.78 is 0. The van der Waals surface area contributed by atoms with Crippen molar-refractivity contribution in [3.63, 3.8) is 0 Å². The lowest BCUT2D eigenvalue weighted by Crippen LogP contribution is -2.11. The molecule has 1 unspecified atom stereocenters. The molecule has 0 saturated carbocycles. The molecule has 0 aromatic heterocycles. The first-order valence-electron chi connectivity index (χ1n) is 11.9. The first-order valence-corrected chi connectivity index (χ1v) is 11.9. The summed E-state index contributed by atoms with van der Waals surface area (Å²) >= 11 is 0. The lowest BCUT2D eigenvalue weighted by Gasteiger charge is -2.19. The Morgan fingerprint density at radius 2 is 1.29 bits per heavy atom. The van der Waals surface area contributed by atoms with Crippen LogP contribution in [-0.2, 0) is 28.5 Å². The largest absolute Gasteiger partial charge is 0.508 e. The van der Waals surface area contributed by atoms with Gasteiger partial charge in [-0.1, -0.05) is 96.1 Å². The van der Waals surface area contributed by atoms with E-state index in [1.54, 1.807) is 6.07 Å². The molecule has 4 nitrogen and oxygen atoms in total. The van der Waals surface area contributed by atoms with Crippen LogP contribution in [0.25, 0.3) is 0 Å². The first-order chi connectivity index (χ1) is 16.3. The van der Waals surface area contributed by atoms with Gasteiger partial charge in [0.2, 0.25) is 0 Å². The van der Waals surface area contributed by atoms with Crippen LogP contribution in [0, 0.1) is 11.3 Å². The van der Waals surface area contributed by atoms with Crippen LogP contribution in [0.4, 0.5) is 0 Å². The van der Waals surface area contributed by atoms with E-state index in [4.69, 9.17) is 5.26 Å². The molecule has 2 N–H and O–H groups in total. The number of hydrogen-bond donors (Lipinski definition) is 2. The van der Waals surface area contributed by atoms with E-state index >= 15 is 0 Å². The zero-order valence-electron chi connectivity index (χ0n) is 21.7. The van der Waals surface area contributed by atoms with Gasteiger partial charge in [-0.25, -0.2) is 0 Å². The van der Waals surface area contributed by atoms with E-state index in [-0.39, 0.29) is 22.3 Å². The monoisotopic (exact) mass is 471 g/mol. The van der Waals surface area contributed by atoms with E-state index < -0.39 is 5.92 Å². The van der Waals surface area contributed by atoms with E-state index in [9.17, 15) is 15.0 Å².